The van der Waals surface area contributed by atoms with E-state index in [0.717, 1.165) is 36.5 Å². The smallest absolute Gasteiger partial charge is 0.337 e. The van der Waals surface area contributed by atoms with E-state index < -0.39 is 4.08 Å². The first-order valence-electron chi connectivity index (χ1n) is 7.42. The Morgan fingerprint density at radius 1 is 1.33 bits per heavy atom. The first-order valence-corrected chi connectivity index (χ1v) is 9.40. The van der Waals surface area contributed by atoms with Gasteiger partial charge in [-0.15, -0.1) is 23.5 Å². The molecule has 1 saturated heterocycles. The van der Waals surface area contributed by atoms with Gasteiger partial charge in [0.2, 0.25) is 0 Å². The van der Waals surface area contributed by atoms with Crippen molar-refractivity contribution in [2.75, 3.05) is 31.7 Å². The minimum Gasteiger partial charge on any atom is -0.464 e. The average molecular weight is 325 g/mol. The second-order valence-electron chi connectivity index (χ2n) is 4.90. The minimum absolute atomic E-state index is 0.100. The number of carbonyl (C=O) groups is 1. The van der Waals surface area contributed by atoms with Crippen LogP contribution in [0.4, 0.5) is 0 Å². The fourth-order valence-corrected chi connectivity index (χ4v) is 5.69. The Labute approximate surface area is 135 Å². The molecule has 2 rings (SSSR count). The van der Waals surface area contributed by atoms with Crippen LogP contribution in [0.25, 0.3) is 0 Å². The molecular weight excluding hydrogens is 302 g/mol. The van der Waals surface area contributed by atoms with Crippen LogP contribution >= 0.6 is 23.5 Å². The number of esters is 1. The third-order valence-electron chi connectivity index (χ3n) is 3.46. The highest BCUT2D eigenvalue weighted by molar-refractivity contribution is 8.19. The molecule has 1 aliphatic rings. The molecule has 3 nitrogen and oxygen atoms in total. The molecule has 1 heterocycles. The van der Waals surface area contributed by atoms with Gasteiger partial charge in [0.05, 0.1) is 6.61 Å². The number of benzene rings is 1. The van der Waals surface area contributed by atoms with Gasteiger partial charge in [-0.3, -0.25) is 0 Å². The van der Waals surface area contributed by atoms with Crippen LogP contribution < -0.4 is 5.32 Å². The van der Waals surface area contributed by atoms with E-state index in [-0.39, 0.29) is 5.97 Å². The van der Waals surface area contributed by atoms with Crippen molar-refractivity contribution >= 4 is 29.5 Å². The van der Waals surface area contributed by atoms with Crippen molar-refractivity contribution in [3.8, 4) is 0 Å². The van der Waals surface area contributed by atoms with Gasteiger partial charge < -0.3 is 10.1 Å². The molecule has 0 atom stereocenters. The standard InChI is InChI=1S/C16H23NO2S2/c1-3-19-15(18)16(20-11-6-12-21-16)14-8-5-4-7-13(14)9-10-17-2/h4-5,7-8,17H,3,6,9-12H2,1-2H3. The first kappa shape index (κ1) is 16.7. The summed E-state index contributed by atoms with van der Waals surface area (Å²) in [6.07, 6.45) is 2.07. The van der Waals surface area contributed by atoms with Crippen molar-refractivity contribution in [1.82, 2.24) is 5.32 Å². The van der Waals surface area contributed by atoms with E-state index in [1.165, 1.54) is 5.56 Å². The largest absolute Gasteiger partial charge is 0.464 e. The van der Waals surface area contributed by atoms with Gasteiger partial charge in [0.25, 0.3) is 0 Å². The van der Waals surface area contributed by atoms with E-state index >= 15 is 0 Å². The number of rotatable bonds is 6. The number of ether oxygens (including phenoxy) is 1. The maximum absolute atomic E-state index is 12.7. The Morgan fingerprint density at radius 2 is 2.05 bits per heavy atom. The molecule has 1 fully saturated rings. The summed E-state index contributed by atoms with van der Waals surface area (Å²) < 4.78 is 4.82. The van der Waals surface area contributed by atoms with Gasteiger partial charge in [-0.05, 0) is 56.0 Å². The zero-order valence-corrected chi connectivity index (χ0v) is 14.3. The van der Waals surface area contributed by atoms with Crippen molar-refractivity contribution in [1.29, 1.82) is 0 Å². The third-order valence-corrected chi connectivity index (χ3v) is 6.74. The lowest BCUT2D eigenvalue weighted by atomic mass is 10.0. The molecule has 0 aliphatic carbocycles. The fraction of sp³-hybridized carbons (Fsp3) is 0.562. The van der Waals surface area contributed by atoms with Crippen molar-refractivity contribution in [3.63, 3.8) is 0 Å². The molecule has 0 bridgehead atoms. The summed E-state index contributed by atoms with van der Waals surface area (Å²) in [5, 5.41) is 3.18. The molecule has 0 unspecified atom stereocenters. The topological polar surface area (TPSA) is 38.3 Å². The van der Waals surface area contributed by atoms with E-state index in [4.69, 9.17) is 4.74 Å². The first-order chi connectivity index (χ1) is 10.2. The van der Waals surface area contributed by atoms with Crippen molar-refractivity contribution in [2.45, 2.75) is 23.8 Å². The Balaban J connectivity index is 2.38. The second kappa shape index (κ2) is 8.11. The zero-order chi connectivity index (χ0) is 15.1. The van der Waals surface area contributed by atoms with Gasteiger partial charge in [0.1, 0.15) is 0 Å². The monoisotopic (exact) mass is 325 g/mol. The average Bonchev–Trinajstić information content (AvgIpc) is 2.54. The van der Waals surface area contributed by atoms with Crippen LogP contribution in [0.15, 0.2) is 24.3 Å². The summed E-state index contributed by atoms with van der Waals surface area (Å²) in [6.45, 7) is 3.21. The number of thioether (sulfide) groups is 2. The highest BCUT2D eigenvalue weighted by atomic mass is 32.2. The molecule has 0 spiro atoms. The van der Waals surface area contributed by atoms with E-state index in [0.29, 0.717) is 6.61 Å². The Hall–Kier alpha value is -0.650. The van der Waals surface area contributed by atoms with Crippen LogP contribution in [0.3, 0.4) is 0 Å². The van der Waals surface area contributed by atoms with E-state index in [9.17, 15) is 4.79 Å². The summed E-state index contributed by atoms with van der Waals surface area (Å²) in [5.74, 6) is 1.91. The molecule has 0 saturated carbocycles. The van der Waals surface area contributed by atoms with Crippen LogP contribution in [0.5, 0.6) is 0 Å². The van der Waals surface area contributed by atoms with Crippen molar-refractivity contribution < 1.29 is 9.53 Å². The lowest BCUT2D eigenvalue weighted by molar-refractivity contribution is -0.143. The molecule has 116 valence electrons. The second-order valence-corrected chi connectivity index (χ2v) is 7.78. The Kier molecular flexibility index (Phi) is 6.45. The predicted molar refractivity (Wildman–Crippen MR) is 91.9 cm³/mol. The molecule has 1 aliphatic heterocycles. The molecule has 5 heteroatoms. The van der Waals surface area contributed by atoms with E-state index in [1.807, 2.05) is 26.1 Å². The van der Waals surface area contributed by atoms with Crippen molar-refractivity contribution in [2.24, 2.45) is 0 Å². The van der Waals surface area contributed by atoms with E-state index in [1.54, 1.807) is 23.5 Å². The van der Waals surface area contributed by atoms with Crippen LogP contribution in [-0.4, -0.2) is 37.7 Å². The van der Waals surface area contributed by atoms with Gasteiger partial charge in [-0.1, -0.05) is 24.3 Å². The van der Waals surface area contributed by atoms with Gasteiger partial charge >= 0.3 is 5.97 Å². The number of hydrogen-bond donors (Lipinski definition) is 1. The molecule has 1 aromatic rings. The van der Waals surface area contributed by atoms with Gasteiger partial charge in [-0.2, -0.15) is 0 Å². The van der Waals surface area contributed by atoms with Crippen LogP contribution in [0.1, 0.15) is 24.5 Å². The molecule has 1 aromatic carbocycles. The fourth-order valence-electron chi connectivity index (χ4n) is 2.46. The third kappa shape index (κ3) is 3.76. The number of nitrogens with one attached hydrogen (secondary N) is 1. The van der Waals surface area contributed by atoms with Crippen LogP contribution in [0.2, 0.25) is 0 Å². The summed E-state index contributed by atoms with van der Waals surface area (Å²) >= 11 is 3.45. The molecule has 1 N–H and O–H groups in total. The number of hydrogen-bond acceptors (Lipinski definition) is 5. The maximum atomic E-state index is 12.7. The molecule has 0 amide bonds. The van der Waals surface area contributed by atoms with Gasteiger partial charge in [0, 0.05) is 0 Å². The van der Waals surface area contributed by atoms with Crippen molar-refractivity contribution in [3.05, 3.63) is 35.4 Å². The summed E-state index contributed by atoms with van der Waals surface area (Å²) in [6, 6.07) is 8.29. The molecule has 0 aromatic heterocycles. The normalized spacial score (nSPS) is 17.4. The Bertz CT molecular complexity index is 473. The maximum Gasteiger partial charge on any atom is 0.337 e. The quantitative estimate of drug-likeness (QED) is 0.814. The molecule has 0 radical (unpaired) electrons. The lowest BCUT2D eigenvalue weighted by Gasteiger charge is -2.35. The van der Waals surface area contributed by atoms with E-state index in [2.05, 4.69) is 17.4 Å². The lowest BCUT2D eigenvalue weighted by Crippen LogP contribution is -2.35. The molecule has 21 heavy (non-hydrogen) atoms. The zero-order valence-electron chi connectivity index (χ0n) is 12.7. The van der Waals surface area contributed by atoms with Gasteiger partial charge in [-0.25, -0.2) is 4.79 Å². The van der Waals surface area contributed by atoms with Gasteiger partial charge in [0.15, 0.2) is 4.08 Å². The molecular formula is C16H23NO2S2. The summed E-state index contributed by atoms with van der Waals surface area (Å²) in [7, 11) is 1.95. The SMILES string of the molecule is CCOC(=O)C1(c2ccccc2CCNC)SCCCS1. The summed E-state index contributed by atoms with van der Waals surface area (Å²) in [4.78, 5) is 12.7. The van der Waals surface area contributed by atoms with Crippen LogP contribution in [0, 0.1) is 0 Å². The predicted octanol–water partition coefficient (Wildman–Crippen LogP) is 3.03. The highest BCUT2D eigenvalue weighted by Crippen LogP contribution is 2.52. The summed E-state index contributed by atoms with van der Waals surface area (Å²) in [5.41, 5.74) is 2.36. The Morgan fingerprint density at radius 3 is 2.71 bits per heavy atom. The van der Waals surface area contributed by atoms with Crippen LogP contribution in [-0.2, 0) is 20.0 Å². The minimum atomic E-state index is -0.585. The number of carbonyl (C=O) groups excluding carboxylic acids is 1. The highest BCUT2D eigenvalue weighted by Gasteiger charge is 2.45. The number of likely N-dealkylation sites (N-methyl/N-ethyl adjacent to an activating group) is 1.